The molecule has 1 amide bonds. The lowest BCUT2D eigenvalue weighted by atomic mass is 10.1. The van der Waals surface area contributed by atoms with Gasteiger partial charge in [0.1, 0.15) is 5.57 Å². The Hall–Kier alpha value is -2.94. The number of allylic oxidation sites excluding steroid dienone is 2. The molecule has 0 unspecified atom stereocenters. The number of nitrogens with zero attached hydrogens (tertiary/aromatic N) is 2. The van der Waals surface area contributed by atoms with Crippen LogP contribution in [0.4, 0.5) is 0 Å². The fraction of sp³-hybridized carbons (Fsp3) is 0.316. The third-order valence-corrected chi connectivity index (χ3v) is 5.72. The first-order valence-corrected chi connectivity index (χ1v) is 10.6. The summed E-state index contributed by atoms with van der Waals surface area (Å²) in [5.41, 5.74) is 0.543. The largest absolute Gasteiger partial charge is 0.444 e. The first kappa shape index (κ1) is 18.4. The van der Waals surface area contributed by atoms with Gasteiger partial charge in [-0.3, -0.25) is 4.79 Å². The Bertz CT molecular complexity index is 994. The van der Waals surface area contributed by atoms with Crippen molar-refractivity contribution in [1.29, 1.82) is 0 Å². The standard InChI is InChI=1S/C19H19N3O5S/c23-18(20-14-8-9-14)16(13-5-2-1-3-6-13)27-19(24)15-7-4-10-22-11-12-28(25,26)21-17(15)22/h1-7,10,14,16H,8-9,11-12H2,(H,20,23)/t16-/m1/s1. The zero-order valence-corrected chi connectivity index (χ0v) is 15.8. The average Bonchev–Trinajstić information content (AvgIpc) is 3.49. The summed E-state index contributed by atoms with van der Waals surface area (Å²) in [6, 6.07) is 8.82. The number of amidine groups is 1. The van der Waals surface area contributed by atoms with Gasteiger partial charge in [0.05, 0.1) is 5.75 Å². The highest BCUT2D eigenvalue weighted by Crippen LogP contribution is 2.25. The number of rotatable bonds is 5. The monoisotopic (exact) mass is 401 g/mol. The van der Waals surface area contributed by atoms with E-state index >= 15 is 0 Å². The van der Waals surface area contributed by atoms with Crippen LogP contribution in [0.2, 0.25) is 0 Å². The van der Waals surface area contributed by atoms with Crippen molar-refractivity contribution in [3.8, 4) is 0 Å². The van der Waals surface area contributed by atoms with E-state index < -0.39 is 28.0 Å². The Morgan fingerprint density at radius 3 is 2.68 bits per heavy atom. The minimum Gasteiger partial charge on any atom is -0.444 e. The maximum atomic E-state index is 12.8. The first-order chi connectivity index (χ1) is 13.4. The fourth-order valence-electron chi connectivity index (χ4n) is 2.95. The average molecular weight is 401 g/mol. The molecule has 1 atom stereocenters. The minimum absolute atomic E-state index is 0.00549. The van der Waals surface area contributed by atoms with Crippen LogP contribution in [0, 0.1) is 0 Å². The third kappa shape index (κ3) is 3.99. The SMILES string of the molecule is O=C(O[C@@H](C(=O)NC1CC1)c1ccccc1)C1=CC=CN2CCS(=O)(=O)N=C12. The molecule has 0 aromatic heterocycles. The van der Waals surface area contributed by atoms with Gasteiger partial charge < -0.3 is 15.0 Å². The van der Waals surface area contributed by atoms with Crippen molar-refractivity contribution in [2.45, 2.75) is 25.0 Å². The molecule has 3 aliphatic rings. The van der Waals surface area contributed by atoms with Crippen LogP contribution < -0.4 is 5.32 Å². The molecule has 8 nitrogen and oxygen atoms in total. The number of nitrogens with one attached hydrogen (secondary N) is 1. The quantitative estimate of drug-likeness (QED) is 0.740. The highest BCUT2D eigenvalue weighted by Gasteiger charge is 2.35. The van der Waals surface area contributed by atoms with Crippen LogP contribution in [0.3, 0.4) is 0 Å². The van der Waals surface area contributed by atoms with Crippen molar-refractivity contribution >= 4 is 27.7 Å². The molecule has 28 heavy (non-hydrogen) atoms. The number of carbonyl (C=O) groups excluding carboxylic acids is 2. The van der Waals surface area contributed by atoms with Crippen molar-refractivity contribution in [3.05, 3.63) is 59.8 Å². The van der Waals surface area contributed by atoms with E-state index in [-0.39, 0.29) is 29.7 Å². The Kier molecular flexibility index (Phi) is 4.76. The Balaban J connectivity index is 1.60. The summed E-state index contributed by atoms with van der Waals surface area (Å²) < 4.78 is 33.0. The van der Waals surface area contributed by atoms with Gasteiger partial charge in [-0.15, -0.1) is 4.40 Å². The lowest BCUT2D eigenvalue weighted by Crippen LogP contribution is -2.41. The lowest BCUT2D eigenvalue weighted by molar-refractivity contribution is -0.152. The summed E-state index contributed by atoms with van der Waals surface area (Å²) in [5, 5.41) is 2.84. The highest BCUT2D eigenvalue weighted by atomic mass is 32.2. The second kappa shape index (κ2) is 7.23. The fourth-order valence-corrected chi connectivity index (χ4v) is 3.94. The van der Waals surface area contributed by atoms with E-state index in [1.54, 1.807) is 47.5 Å². The minimum atomic E-state index is -3.64. The van der Waals surface area contributed by atoms with Gasteiger partial charge in [-0.2, -0.15) is 0 Å². The van der Waals surface area contributed by atoms with E-state index in [0.717, 1.165) is 12.8 Å². The molecule has 0 radical (unpaired) electrons. The molecule has 4 rings (SSSR count). The van der Waals surface area contributed by atoms with Crippen LogP contribution in [0.15, 0.2) is 58.7 Å². The maximum Gasteiger partial charge on any atom is 0.343 e. The summed E-state index contributed by atoms with van der Waals surface area (Å²) in [7, 11) is -3.64. The number of fused-ring (bicyclic) bond motifs is 1. The van der Waals surface area contributed by atoms with Crippen LogP contribution in [0.5, 0.6) is 0 Å². The Morgan fingerprint density at radius 2 is 1.96 bits per heavy atom. The van der Waals surface area contributed by atoms with Gasteiger partial charge in [0.15, 0.2) is 5.84 Å². The van der Waals surface area contributed by atoms with E-state index in [0.29, 0.717) is 5.56 Å². The van der Waals surface area contributed by atoms with Gasteiger partial charge in [0.2, 0.25) is 6.10 Å². The normalized spacial score (nSPS) is 21.1. The summed E-state index contributed by atoms with van der Waals surface area (Å²) in [6.07, 6.45) is 5.39. The smallest absolute Gasteiger partial charge is 0.343 e. The summed E-state index contributed by atoms with van der Waals surface area (Å²) in [6.45, 7) is 0.201. The molecule has 1 N–H and O–H groups in total. The number of hydrogen-bond donors (Lipinski definition) is 1. The van der Waals surface area contributed by atoms with Gasteiger partial charge in [-0.25, -0.2) is 13.2 Å². The van der Waals surface area contributed by atoms with Crippen LogP contribution in [0.1, 0.15) is 24.5 Å². The van der Waals surface area contributed by atoms with Crippen molar-refractivity contribution in [2.75, 3.05) is 12.3 Å². The number of hydrogen-bond acceptors (Lipinski definition) is 6. The molecule has 9 heteroatoms. The molecule has 1 fully saturated rings. The molecule has 2 heterocycles. The van der Waals surface area contributed by atoms with Crippen LogP contribution in [-0.2, 0) is 24.3 Å². The lowest BCUT2D eigenvalue weighted by Gasteiger charge is -2.29. The number of ether oxygens (including phenoxy) is 1. The highest BCUT2D eigenvalue weighted by molar-refractivity contribution is 7.90. The van der Waals surface area contributed by atoms with Gasteiger partial charge in [-0.05, 0) is 25.0 Å². The summed E-state index contributed by atoms with van der Waals surface area (Å²) in [5.74, 6) is -1.30. The topological polar surface area (TPSA) is 105 Å². The molecule has 1 saturated carbocycles. The van der Waals surface area contributed by atoms with Crippen molar-refractivity contribution in [2.24, 2.45) is 4.40 Å². The third-order valence-electron chi connectivity index (χ3n) is 4.57. The van der Waals surface area contributed by atoms with E-state index in [9.17, 15) is 18.0 Å². The first-order valence-electron chi connectivity index (χ1n) is 8.97. The van der Waals surface area contributed by atoms with Gasteiger partial charge >= 0.3 is 5.97 Å². The number of esters is 1. The molecule has 1 aromatic carbocycles. The summed E-state index contributed by atoms with van der Waals surface area (Å²) in [4.78, 5) is 27.1. The van der Waals surface area contributed by atoms with Gasteiger partial charge in [0, 0.05) is 24.4 Å². The molecule has 0 bridgehead atoms. The molecule has 1 aliphatic carbocycles. The zero-order valence-electron chi connectivity index (χ0n) is 14.9. The van der Waals surface area contributed by atoms with Crippen LogP contribution >= 0.6 is 0 Å². The molecular formula is C19H19N3O5S. The van der Waals surface area contributed by atoms with Crippen molar-refractivity contribution in [3.63, 3.8) is 0 Å². The number of carbonyl (C=O) groups is 2. The van der Waals surface area contributed by atoms with Crippen molar-refractivity contribution in [1.82, 2.24) is 10.2 Å². The van der Waals surface area contributed by atoms with Gasteiger partial charge in [-0.1, -0.05) is 30.3 Å². The molecule has 2 aliphatic heterocycles. The maximum absolute atomic E-state index is 12.8. The van der Waals surface area contributed by atoms with E-state index in [4.69, 9.17) is 4.74 Å². The van der Waals surface area contributed by atoms with Gasteiger partial charge in [0.25, 0.3) is 15.9 Å². The molecule has 146 valence electrons. The molecule has 1 aromatic rings. The second-order valence-corrected chi connectivity index (χ2v) is 8.55. The van der Waals surface area contributed by atoms with E-state index in [1.165, 1.54) is 6.08 Å². The molecule has 0 spiro atoms. The second-order valence-electron chi connectivity index (χ2n) is 6.80. The Labute approximate surface area is 162 Å². The Morgan fingerprint density at radius 1 is 1.21 bits per heavy atom. The molecular weight excluding hydrogens is 382 g/mol. The van der Waals surface area contributed by atoms with E-state index in [1.807, 2.05) is 0 Å². The summed E-state index contributed by atoms with van der Waals surface area (Å²) >= 11 is 0. The number of amides is 1. The number of benzene rings is 1. The van der Waals surface area contributed by atoms with E-state index in [2.05, 4.69) is 9.71 Å². The van der Waals surface area contributed by atoms with Crippen LogP contribution in [0.25, 0.3) is 0 Å². The zero-order chi connectivity index (χ0) is 19.7. The van der Waals surface area contributed by atoms with Crippen molar-refractivity contribution < 1.29 is 22.7 Å². The predicted octanol–water partition coefficient (Wildman–Crippen LogP) is 1.05. The predicted molar refractivity (Wildman–Crippen MR) is 102 cm³/mol. The molecule has 0 saturated heterocycles. The number of sulfonamides is 1. The van der Waals surface area contributed by atoms with Crippen LogP contribution in [-0.4, -0.2) is 49.4 Å².